The Hall–Kier alpha value is -7.11. The highest BCUT2D eigenvalue weighted by atomic mass is 35.6. The molecule has 0 aliphatic rings. The van der Waals surface area contributed by atoms with Crippen LogP contribution in [0.3, 0.4) is 0 Å². The van der Waals surface area contributed by atoms with E-state index in [1.54, 1.807) is 0 Å². The number of hydrogen-bond donors (Lipinski definition) is 9. The molecule has 0 spiro atoms. The maximum Gasteiger partial charge on any atom is 0.270 e. The molecule has 2 unspecified atom stereocenters. The molecule has 11 N–H and O–H groups in total. The predicted octanol–water partition coefficient (Wildman–Crippen LogP) is 15.6. The van der Waals surface area contributed by atoms with E-state index in [0.29, 0.717) is 22.7 Å². The number of non-ortho nitro benzene ring substituents is 6. The molecule has 0 aliphatic carbocycles. The van der Waals surface area contributed by atoms with Crippen LogP contribution in [0.4, 0.5) is 56.9 Å². The number of thiocarbonyl (C=S) groups is 4. The van der Waals surface area contributed by atoms with E-state index in [1.807, 2.05) is 0 Å². The molecule has 99 heavy (non-hydrogen) atoms. The van der Waals surface area contributed by atoms with Gasteiger partial charge in [0.05, 0.1) is 35.8 Å². The van der Waals surface area contributed by atoms with Crippen molar-refractivity contribution in [2.45, 2.75) is 34.9 Å². The molecule has 48 heteroatoms. The molecular formula is C51H43Cl13N16O15S4. The SMILES string of the molecule is C.NC(=S)Nc1ccc([N+](=O)[O-])cc1.NC(NC(=S)Nc1ccc([N+](=O)[O-])cc1)C(Cl)(Cl)Cl.O=C(Cl)c1cccc([N+](=O)[O-])c1.O=C(NC(NC(=S)Nc1ccc([N+](=O)[O-])cc1)C(Cl)(Cl)Cl)c1cccc([N+](=O)[O-])c1.O=CC(Cl)(Cl)Cl.O=[N+]([O-])c1ccc(NC(=S)N=CC(Cl)(Cl)Cl)cc1. The van der Waals surface area contributed by atoms with Crippen molar-refractivity contribution in [2.24, 2.45) is 16.5 Å². The lowest BCUT2D eigenvalue weighted by molar-refractivity contribution is -0.385. The van der Waals surface area contributed by atoms with E-state index >= 15 is 0 Å². The van der Waals surface area contributed by atoms with Crippen LogP contribution in [0.2, 0.25) is 0 Å². The molecular weight excluding hydrogens is 1670 g/mol. The number of halogens is 13. The average Bonchev–Trinajstić information content (AvgIpc) is 0.845. The van der Waals surface area contributed by atoms with Crippen LogP contribution in [-0.2, 0) is 4.79 Å². The molecule has 6 rings (SSSR count). The third-order valence-electron chi connectivity index (χ3n) is 9.93. The first-order valence-corrected chi connectivity index (χ1v) is 31.3. The molecule has 0 saturated heterocycles. The quantitative estimate of drug-likeness (QED) is 0.00674. The lowest BCUT2D eigenvalue weighted by Gasteiger charge is -2.27. The fraction of sp³-hybridized carbons (Fsp3) is 0.137. The molecule has 0 saturated carbocycles. The smallest absolute Gasteiger partial charge is 0.270 e. The number of amides is 1. The molecule has 6 aromatic rings. The summed E-state index contributed by atoms with van der Waals surface area (Å²) in [5.41, 5.74) is 12.5. The van der Waals surface area contributed by atoms with E-state index in [1.165, 1.54) is 133 Å². The van der Waals surface area contributed by atoms with Gasteiger partial charge in [0.1, 0.15) is 12.3 Å². The summed E-state index contributed by atoms with van der Waals surface area (Å²) in [7, 11) is 0. The number of rotatable bonds is 15. The number of anilines is 4. The zero-order chi connectivity index (χ0) is 75.1. The largest absolute Gasteiger partial charge is 0.376 e. The second-order valence-corrected chi connectivity index (χ2v) is 28.6. The highest BCUT2D eigenvalue weighted by molar-refractivity contribution is 7.81. The summed E-state index contributed by atoms with van der Waals surface area (Å²) in [6, 6.07) is 32.8. The van der Waals surface area contributed by atoms with Gasteiger partial charge in [0.25, 0.3) is 45.3 Å². The summed E-state index contributed by atoms with van der Waals surface area (Å²) in [5.74, 6) is -0.749. The Balaban J connectivity index is 0.00000123. The molecule has 1 amide bonds. The Morgan fingerprint density at radius 3 is 1.06 bits per heavy atom. The Morgan fingerprint density at radius 1 is 0.455 bits per heavy atom. The minimum atomic E-state index is -2.04. The minimum absolute atomic E-state index is 0. The monoisotopic (exact) mass is 1700 g/mol. The third kappa shape index (κ3) is 40.1. The van der Waals surface area contributed by atoms with E-state index in [4.69, 9.17) is 199 Å². The molecule has 0 radical (unpaired) electrons. The van der Waals surface area contributed by atoms with Gasteiger partial charge in [-0.2, -0.15) is 0 Å². The summed E-state index contributed by atoms with van der Waals surface area (Å²) >= 11 is 90.1. The number of carbonyl (C=O) groups excluding carboxylic acids is 3. The van der Waals surface area contributed by atoms with Crippen molar-refractivity contribution in [1.82, 2.24) is 16.0 Å². The van der Waals surface area contributed by atoms with Gasteiger partial charge in [-0.05, 0) is 121 Å². The average molecular weight is 1710 g/mol. The Kier molecular flexibility index (Phi) is 41.0. The third-order valence-corrected chi connectivity index (χ3v) is 12.8. The van der Waals surface area contributed by atoms with Crippen LogP contribution in [0.25, 0.3) is 0 Å². The molecule has 0 heterocycles. The highest BCUT2D eigenvalue weighted by Gasteiger charge is 2.35. The number of carbonyl (C=O) groups is 3. The van der Waals surface area contributed by atoms with E-state index in [-0.39, 0.29) is 79.4 Å². The first-order chi connectivity index (χ1) is 45.2. The fourth-order valence-corrected chi connectivity index (χ4v) is 7.22. The molecule has 0 aliphatic heterocycles. The van der Waals surface area contributed by atoms with Gasteiger partial charge in [-0.25, -0.2) is 4.99 Å². The standard InChI is InChI=1S/C16H12Cl3N5O5S.C9H9Cl3N4O2S.C9H6Cl3N3O2S.C7H4ClNO3.C7H7N3O2S.C2HCl3O.CH4/c17-16(18,19)14(21-13(25)9-2-1-3-12(8-9)24(28)29)22-15(30)20-10-4-6-11(7-5-10)23(26)27;10-9(11,12)7(13)15-8(19)14-5-1-3-6(4-2-5)16(17)18;10-9(11,12)5-13-8(18)14-6-1-3-7(4-2-6)15(16)17;8-7(10)5-2-1-3-6(4-5)9(11)12;8-7(13)9-5-1-3-6(4-2-5)10(11)12;3-2(4,5)1-6;/h1-8,14H,(H,21,25)(H2,20,22,30);1-4,7H,13H2,(H2,14,15,19);1-5H,(H,14,18);1-4H;1-4H,(H3,8,9,13);1H;1H4. The molecule has 31 nitrogen and oxygen atoms in total. The second-order valence-electron chi connectivity index (χ2n) is 17.1. The van der Waals surface area contributed by atoms with Crippen LogP contribution in [0.15, 0.2) is 151 Å². The van der Waals surface area contributed by atoms with E-state index < -0.39 is 68.2 Å². The van der Waals surface area contributed by atoms with Crippen LogP contribution in [0.5, 0.6) is 0 Å². The fourth-order valence-electron chi connectivity index (χ4n) is 5.70. The van der Waals surface area contributed by atoms with Crippen molar-refractivity contribution in [1.29, 1.82) is 0 Å². The number of alkyl halides is 12. The summed E-state index contributed by atoms with van der Waals surface area (Å²) in [6.07, 6.45) is -1.02. The Labute approximate surface area is 644 Å². The molecule has 6 aromatic carbocycles. The van der Waals surface area contributed by atoms with Gasteiger partial charge in [0.15, 0.2) is 26.7 Å². The Bertz CT molecular complexity index is 3840. The predicted molar refractivity (Wildman–Crippen MR) is 406 cm³/mol. The van der Waals surface area contributed by atoms with Crippen molar-refractivity contribution in [2.75, 3.05) is 21.3 Å². The zero-order valence-electron chi connectivity index (χ0n) is 47.6. The van der Waals surface area contributed by atoms with Gasteiger partial charge in [-0.15, -0.1) is 0 Å². The van der Waals surface area contributed by atoms with Crippen molar-refractivity contribution in [3.05, 3.63) is 217 Å². The molecule has 0 bridgehead atoms. The number of nitrogens with one attached hydrogen (secondary N) is 7. The van der Waals surface area contributed by atoms with Crippen LogP contribution in [-0.4, -0.2) is 101 Å². The minimum Gasteiger partial charge on any atom is -0.376 e. The number of aldehydes is 1. The summed E-state index contributed by atoms with van der Waals surface area (Å²) in [6.45, 7) is 0. The summed E-state index contributed by atoms with van der Waals surface area (Å²) < 4.78 is -7.10. The normalized spacial score (nSPS) is 11.1. The van der Waals surface area contributed by atoms with Gasteiger partial charge in [0, 0.05) is 107 Å². The van der Waals surface area contributed by atoms with Gasteiger partial charge in [-0.3, -0.25) is 75.1 Å². The highest BCUT2D eigenvalue weighted by Crippen LogP contribution is 2.31. The second kappa shape index (κ2) is 44.2. The molecule has 0 aromatic heterocycles. The Morgan fingerprint density at radius 2 is 0.768 bits per heavy atom. The van der Waals surface area contributed by atoms with Gasteiger partial charge < -0.3 is 48.7 Å². The lowest BCUT2D eigenvalue weighted by atomic mass is 10.2. The van der Waals surface area contributed by atoms with Gasteiger partial charge in [-0.1, -0.05) is 159 Å². The number of nitro groups is 6. The molecule has 2 atom stereocenters. The van der Waals surface area contributed by atoms with Gasteiger partial charge >= 0.3 is 0 Å². The summed E-state index contributed by atoms with van der Waals surface area (Å²) in [4.78, 5) is 95.9. The maximum absolute atomic E-state index is 12.4. The van der Waals surface area contributed by atoms with Crippen molar-refractivity contribution < 1.29 is 43.9 Å². The van der Waals surface area contributed by atoms with Crippen LogP contribution >= 0.6 is 200 Å². The number of benzene rings is 6. The van der Waals surface area contributed by atoms with E-state index in [0.717, 1.165) is 18.3 Å². The van der Waals surface area contributed by atoms with Crippen molar-refractivity contribution in [3.8, 4) is 0 Å². The number of hydrogen-bond acceptors (Lipinski definition) is 20. The lowest BCUT2D eigenvalue weighted by Crippen LogP contribution is -2.56. The maximum atomic E-state index is 12.4. The molecule has 532 valence electrons. The number of aliphatic imine (C=N–C) groups is 1. The van der Waals surface area contributed by atoms with E-state index in [2.05, 4.69) is 54.4 Å². The number of nitro benzene ring substituents is 6. The van der Waals surface area contributed by atoms with Crippen molar-refractivity contribution in [3.63, 3.8) is 0 Å². The number of nitrogens with two attached hydrogens (primary N) is 2. The van der Waals surface area contributed by atoms with Crippen LogP contribution in [0, 0.1) is 60.7 Å². The van der Waals surface area contributed by atoms with Gasteiger partial charge in [0.2, 0.25) is 15.2 Å². The first kappa shape index (κ1) is 91.9. The number of nitrogens with zero attached hydrogens (tertiary/aromatic N) is 7. The first-order valence-electron chi connectivity index (χ1n) is 24.8. The van der Waals surface area contributed by atoms with Crippen LogP contribution < -0.4 is 48.7 Å². The van der Waals surface area contributed by atoms with E-state index in [9.17, 15) is 75.1 Å². The topological polar surface area (TPSA) is 459 Å². The van der Waals surface area contributed by atoms with Crippen LogP contribution in [0.1, 0.15) is 28.1 Å². The zero-order valence-corrected chi connectivity index (χ0v) is 60.7. The summed E-state index contributed by atoms with van der Waals surface area (Å²) in [5, 5.41) is 81.0. The molecule has 0 fully saturated rings. The van der Waals surface area contributed by atoms with Crippen molar-refractivity contribution >= 4 is 301 Å².